The second-order valence-corrected chi connectivity index (χ2v) is 3.08. The first-order valence-electron chi connectivity index (χ1n) is 4.46. The molecule has 7 nitrogen and oxygen atoms in total. The minimum absolute atomic E-state index is 0.0982. The van der Waals surface area contributed by atoms with Gasteiger partial charge < -0.3 is 16.6 Å². The molecule has 1 aromatic carbocycles. The summed E-state index contributed by atoms with van der Waals surface area (Å²) in [5.41, 5.74) is 11.7. The smallest absolute Gasteiger partial charge is 0.170 e. The first kappa shape index (κ1) is 9.97. The van der Waals surface area contributed by atoms with Crippen molar-refractivity contribution in [3.8, 4) is 5.75 Å². The number of hydrogen-bond acceptors (Lipinski definition) is 6. The van der Waals surface area contributed by atoms with Crippen LogP contribution in [0.1, 0.15) is 0 Å². The lowest BCUT2D eigenvalue weighted by atomic mass is 10.2. The molecular formula is C9H10N6O. The summed E-state index contributed by atoms with van der Waals surface area (Å²) in [6, 6.07) is 4.72. The molecule has 0 saturated heterocycles. The Bertz CT molecular complexity index is 519. The molecule has 0 bridgehead atoms. The molecule has 2 aromatic rings. The van der Waals surface area contributed by atoms with E-state index in [4.69, 9.17) is 11.5 Å². The monoisotopic (exact) mass is 218 g/mol. The van der Waals surface area contributed by atoms with E-state index in [9.17, 15) is 5.11 Å². The Morgan fingerprint density at radius 2 is 2.00 bits per heavy atom. The summed E-state index contributed by atoms with van der Waals surface area (Å²) in [6.45, 7) is 0. The highest BCUT2D eigenvalue weighted by atomic mass is 16.3. The third kappa shape index (κ3) is 1.78. The average molecular weight is 218 g/mol. The zero-order chi connectivity index (χ0) is 11.5. The number of aromatic amines is 1. The van der Waals surface area contributed by atoms with E-state index >= 15 is 0 Å². The summed E-state index contributed by atoms with van der Waals surface area (Å²) in [6.07, 6.45) is 1.55. The largest absolute Gasteiger partial charge is 0.504 e. The predicted molar refractivity (Wildman–Crippen MR) is 59.7 cm³/mol. The van der Waals surface area contributed by atoms with Crippen LogP contribution >= 0.6 is 0 Å². The van der Waals surface area contributed by atoms with Gasteiger partial charge in [0, 0.05) is 6.07 Å². The van der Waals surface area contributed by atoms with Gasteiger partial charge in [-0.15, -0.1) is 10.2 Å². The Morgan fingerprint density at radius 3 is 2.69 bits per heavy atom. The summed E-state index contributed by atoms with van der Waals surface area (Å²) >= 11 is 0. The molecule has 0 spiro atoms. The number of phenolic OH excluding ortho intramolecular Hbond substituents is 1. The maximum atomic E-state index is 9.62. The van der Waals surface area contributed by atoms with Crippen LogP contribution in [-0.2, 0) is 0 Å². The number of phenols is 1. The van der Waals surface area contributed by atoms with E-state index in [2.05, 4.69) is 20.4 Å². The average Bonchev–Trinajstić information content (AvgIpc) is 2.78. The van der Waals surface area contributed by atoms with Crippen LogP contribution in [-0.4, -0.2) is 15.3 Å². The Labute approximate surface area is 90.8 Å². The van der Waals surface area contributed by atoms with Crippen molar-refractivity contribution in [2.75, 3.05) is 11.5 Å². The molecule has 0 aliphatic heterocycles. The summed E-state index contributed by atoms with van der Waals surface area (Å²) in [4.78, 5) is 0. The summed E-state index contributed by atoms with van der Waals surface area (Å²) in [5, 5.41) is 23.6. The van der Waals surface area contributed by atoms with Crippen LogP contribution in [0, 0.1) is 0 Å². The standard InChI is InChI=1S/C9H10N6O/c10-5-1-2-6(9(16)8(5)11)13-15-7-3-4-12-14-7/h1-4,16H,10-11H2,(H,12,14). The Hall–Kier alpha value is -2.57. The molecule has 0 unspecified atom stereocenters. The number of aromatic hydroxyl groups is 1. The molecule has 0 aliphatic carbocycles. The lowest BCUT2D eigenvalue weighted by Gasteiger charge is -2.03. The molecule has 16 heavy (non-hydrogen) atoms. The molecule has 0 fully saturated rings. The number of aromatic nitrogens is 2. The van der Waals surface area contributed by atoms with Crippen molar-refractivity contribution in [1.29, 1.82) is 0 Å². The third-order valence-corrected chi connectivity index (χ3v) is 1.98. The van der Waals surface area contributed by atoms with Crippen LogP contribution in [0.15, 0.2) is 34.6 Å². The first-order chi connectivity index (χ1) is 7.68. The van der Waals surface area contributed by atoms with Crippen LogP contribution < -0.4 is 11.5 Å². The fraction of sp³-hybridized carbons (Fsp3) is 0. The van der Waals surface area contributed by atoms with Gasteiger partial charge in [0.2, 0.25) is 0 Å². The Morgan fingerprint density at radius 1 is 1.19 bits per heavy atom. The highest BCUT2D eigenvalue weighted by Gasteiger charge is 2.06. The van der Waals surface area contributed by atoms with E-state index in [0.29, 0.717) is 11.5 Å². The number of nitrogens with two attached hydrogens (primary N) is 2. The highest BCUT2D eigenvalue weighted by molar-refractivity contribution is 5.77. The number of hydrogen-bond donors (Lipinski definition) is 4. The molecule has 0 atom stereocenters. The van der Waals surface area contributed by atoms with E-state index in [0.717, 1.165) is 0 Å². The molecule has 0 aliphatic rings. The normalized spacial score (nSPS) is 11.0. The van der Waals surface area contributed by atoms with Gasteiger partial charge in [-0.3, -0.25) is 5.10 Å². The van der Waals surface area contributed by atoms with Crippen molar-refractivity contribution in [3.05, 3.63) is 24.4 Å². The fourth-order valence-electron chi connectivity index (χ4n) is 1.10. The van der Waals surface area contributed by atoms with Gasteiger partial charge in [0.15, 0.2) is 11.6 Å². The van der Waals surface area contributed by atoms with E-state index in [-0.39, 0.29) is 17.1 Å². The molecule has 0 radical (unpaired) electrons. The second kappa shape index (κ2) is 3.89. The van der Waals surface area contributed by atoms with Crippen molar-refractivity contribution in [3.63, 3.8) is 0 Å². The Balaban J connectivity index is 2.32. The van der Waals surface area contributed by atoms with Crippen LogP contribution in [0.25, 0.3) is 0 Å². The molecule has 1 aromatic heterocycles. The number of rotatable bonds is 2. The predicted octanol–water partition coefficient (Wildman–Crippen LogP) is 1.70. The molecular weight excluding hydrogens is 208 g/mol. The van der Waals surface area contributed by atoms with E-state index in [1.165, 1.54) is 6.07 Å². The lowest BCUT2D eigenvalue weighted by molar-refractivity contribution is 0.479. The molecule has 0 amide bonds. The van der Waals surface area contributed by atoms with Gasteiger partial charge in [-0.05, 0) is 12.1 Å². The number of azo groups is 1. The number of nitrogen functional groups attached to an aromatic ring is 2. The van der Waals surface area contributed by atoms with Gasteiger partial charge in [-0.2, -0.15) is 5.10 Å². The molecule has 6 N–H and O–H groups in total. The van der Waals surface area contributed by atoms with Crippen LogP contribution in [0.4, 0.5) is 22.9 Å². The Kier molecular flexibility index (Phi) is 2.42. The highest BCUT2D eigenvalue weighted by Crippen LogP contribution is 2.36. The van der Waals surface area contributed by atoms with Gasteiger partial charge in [0.25, 0.3) is 0 Å². The molecule has 82 valence electrons. The van der Waals surface area contributed by atoms with Crippen molar-refractivity contribution in [1.82, 2.24) is 10.2 Å². The molecule has 2 rings (SSSR count). The van der Waals surface area contributed by atoms with Gasteiger partial charge in [-0.1, -0.05) is 0 Å². The molecule has 1 heterocycles. The third-order valence-electron chi connectivity index (χ3n) is 1.98. The van der Waals surface area contributed by atoms with Gasteiger partial charge in [-0.25, -0.2) is 0 Å². The van der Waals surface area contributed by atoms with Crippen LogP contribution in [0.2, 0.25) is 0 Å². The van der Waals surface area contributed by atoms with E-state index in [1.807, 2.05) is 0 Å². The fourth-order valence-corrected chi connectivity index (χ4v) is 1.10. The van der Waals surface area contributed by atoms with E-state index < -0.39 is 0 Å². The summed E-state index contributed by atoms with van der Waals surface area (Å²) in [5.74, 6) is 0.304. The minimum atomic E-state index is -0.178. The van der Waals surface area contributed by atoms with Crippen molar-refractivity contribution >= 4 is 22.9 Å². The maximum Gasteiger partial charge on any atom is 0.170 e. The zero-order valence-electron chi connectivity index (χ0n) is 8.25. The van der Waals surface area contributed by atoms with Gasteiger partial charge >= 0.3 is 0 Å². The second-order valence-electron chi connectivity index (χ2n) is 3.08. The van der Waals surface area contributed by atoms with Crippen LogP contribution in [0.3, 0.4) is 0 Å². The lowest BCUT2D eigenvalue weighted by Crippen LogP contribution is -1.93. The minimum Gasteiger partial charge on any atom is -0.504 e. The number of nitrogens with one attached hydrogen (secondary N) is 1. The molecule has 0 saturated carbocycles. The van der Waals surface area contributed by atoms with Crippen molar-refractivity contribution in [2.45, 2.75) is 0 Å². The number of nitrogens with zero attached hydrogens (tertiary/aromatic N) is 3. The SMILES string of the molecule is Nc1ccc(N=Nc2ccn[nH]2)c(O)c1N. The zero-order valence-corrected chi connectivity index (χ0v) is 8.25. The summed E-state index contributed by atoms with van der Waals surface area (Å²) < 4.78 is 0. The van der Waals surface area contributed by atoms with Crippen LogP contribution in [0.5, 0.6) is 5.75 Å². The van der Waals surface area contributed by atoms with Gasteiger partial charge in [0.05, 0.1) is 17.6 Å². The topological polar surface area (TPSA) is 126 Å². The van der Waals surface area contributed by atoms with Crippen molar-refractivity contribution < 1.29 is 5.11 Å². The van der Waals surface area contributed by atoms with Gasteiger partial charge in [0.1, 0.15) is 5.69 Å². The molecule has 7 heteroatoms. The number of anilines is 2. The van der Waals surface area contributed by atoms with Crippen molar-refractivity contribution in [2.24, 2.45) is 10.2 Å². The number of H-pyrrole nitrogens is 1. The van der Waals surface area contributed by atoms with E-state index in [1.54, 1.807) is 18.3 Å². The number of benzene rings is 1. The quantitative estimate of drug-likeness (QED) is 0.347. The summed E-state index contributed by atoms with van der Waals surface area (Å²) in [7, 11) is 0. The first-order valence-corrected chi connectivity index (χ1v) is 4.46. The maximum absolute atomic E-state index is 9.62.